The summed E-state index contributed by atoms with van der Waals surface area (Å²) in [6.07, 6.45) is 5.35. The lowest BCUT2D eigenvalue weighted by atomic mass is 9.94. The van der Waals surface area contributed by atoms with Gasteiger partial charge >= 0.3 is 0 Å². The van der Waals surface area contributed by atoms with Crippen molar-refractivity contribution in [1.29, 1.82) is 0 Å². The van der Waals surface area contributed by atoms with Crippen LogP contribution in [0, 0.1) is 0 Å². The molecule has 0 aliphatic heterocycles. The Kier molecular flexibility index (Phi) is 4.86. The third-order valence-electron chi connectivity index (χ3n) is 4.00. The van der Waals surface area contributed by atoms with E-state index in [4.69, 9.17) is 0 Å². The van der Waals surface area contributed by atoms with E-state index in [1.807, 2.05) is 0 Å². The highest BCUT2D eigenvalue weighted by atomic mass is 32.2. The normalized spacial score (nSPS) is 17.5. The quantitative estimate of drug-likeness (QED) is 0.793. The Labute approximate surface area is 118 Å². The van der Waals surface area contributed by atoms with Gasteiger partial charge in [0.1, 0.15) is 17.2 Å². The van der Waals surface area contributed by atoms with Gasteiger partial charge in [-0.05, 0) is 26.2 Å². The fraction of sp³-hybridized carbons (Fsp3) is 0.667. The number of amides is 1. The maximum Gasteiger partial charge on any atom is 0.251 e. The summed E-state index contributed by atoms with van der Waals surface area (Å²) in [5.74, 6) is 0.978. The van der Waals surface area contributed by atoms with Crippen LogP contribution in [0.4, 0.5) is 9.80 Å². The lowest BCUT2D eigenvalue weighted by Gasteiger charge is -2.34. The minimum absolute atomic E-state index is 0.0502. The third-order valence-corrected chi connectivity index (χ3v) is 6.05. The maximum absolute atomic E-state index is 11.7. The summed E-state index contributed by atoms with van der Waals surface area (Å²) >= 11 is 0. The van der Waals surface area contributed by atoms with Crippen LogP contribution in [0.25, 0.3) is 0 Å². The summed E-state index contributed by atoms with van der Waals surface area (Å²) in [4.78, 5) is 13.3. The van der Waals surface area contributed by atoms with E-state index in [-0.39, 0.29) is 16.5 Å². The van der Waals surface area contributed by atoms with Gasteiger partial charge in [0.05, 0.1) is 0 Å². The number of carbonyl (C=O) groups is 1. The standard InChI is InChI=1S/C15H23NO2S/c1-3-12-10-11-19(4-2)14(12)16(15(17)18)13-8-6-5-7-9-13/h10-11,13H,3-9H2,1-2H3. The molecule has 1 unspecified atom stereocenters. The van der Waals surface area contributed by atoms with Crippen molar-refractivity contribution in [3.8, 4) is 0 Å². The average Bonchev–Trinajstić information content (AvgIpc) is 2.82. The number of aryl methyl sites for hydroxylation is 2. The smallest absolute Gasteiger partial charge is 0.251 e. The number of hydrogen-bond donors (Lipinski definition) is 0. The van der Waals surface area contributed by atoms with E-state index in [1.54, 1.807) is 4.90 Å². The van der Waals surface area contributed by atoms with Gasteiger partial charge in [0.2, 0.25) is 0 Å². The molecule has 0 saturated heterocycles. The summed E-state index contributed by atoms with van der Waals surface area (Å²) in [6.45, 7) is 4.22. The minimum Gasteiger partial charge on any atom is -0.529 e. The van der Waals surface area contributed by atoms with Crippen molar-refractivity contribution in [3.05, 3.63) is 17.0 Å². The Morgan fingerprint density at radius 2 is 2.05 bits per heavy atom. The molecule has 0 aromatic carbocycles. The van der Waals surface area contributed by atoms with Crippen LogP contribution < -0.4 is 10.0 Å². The molecule has 3 nitrogen and oxygen atoms in total. The summed E-state index contributed by atoms with van der Waals surface area (Å²) in [6, 6.07) is 2.25. The second-order valence-corrected chi connectivity index (χ2v) is 7.23. The van der Waals surface area contributed by atoms with Crippen LogP contribution >= 0.6 is 10.5 Å². The summed E-state index contributed by atoms with van der Waals surface area (Å²) in [7, 11) is -0.0502. The van der Waals surface area contributed by atoms with Crippen LogP contribution in [0.15, 0.2) is 11.4 Å². The van der Waals surface area contributed by atoms with E-state index in [9.17, 15) is 9.90 Å². The maximum atomic E-state index is 11.7. The van der Waals surface area contributed by atoms with Gasteiger partial charge in [-0.1, -0.05) is 26.2 Å². The lowest BCUT2D eigenvalue weighted by molar-refractivity contribution is -0.247. The molecule has 1 aromatic heterocycles. The van der Waals surface area contributed by atoms with Gasteiger partial charge in [-0.15, -0.1) is 0 Å². The van der Waals surface area contributed by atoms with Crippen LogP contribution in [-0.2, 0) is 12.2 Å². The Morgan fingerprint density at radius 3 is 2.58 bits per heavy atom. The molecule has 1 atom stereocenters. The van der Waals surface area contributed by atoms with Crippen LogP contribution in [0.2, 0.25) is 0 Å². The summed E-state index contributed by atoms with van der Waals surface area (Å²) in [5, 5.41) is 14.9. The number of thiophene rings is 1. The zero-order valence-corrected chi connectivity index (χ0v) is 12.7. The van der Waals surface area contributed by atoms with Gasteiger partial charge in [0, 0.05) is 28.1 Å². The van der Waals surface area contributed by atoms with E-state index in [0.717, 1.165) is 42.9 Å². The SMILES string of the molecule is CCc1cc[s+](CC)c1N(C(=O)[O-])C1CCCCC1. The molecule has 0 radical (unpaired) electrons. The molecule has 0 spiro atoms. The number of carbonyl (C=O) groups excluding carboxylic acids is 1. The Bertz CT molecular complexity index is 414. The van der Waals surface area contributed by atoms with E-state index >= 15 is 0 Å². The van der Waals surface area contributed by atoms with Gasteiger partial charge < -0.3 is 9.90 Å². The van der Waals surface area contributed by atoms with Crippen LogP contribution in [-0.4, -0.2) is 12.1 Å². The van der Waals surface area contributed by atoms with Crippen molar-refractivity contribution in [1.82, 2.24) is 0 Å². The zero-order valence-electron chi connectivity index (χ0n) is 11.9. The number of carboxylic acid groups (broad SMARTS) is 1. The molecule has 4 heteroatoms. The van der Waals surface area contributed by atoms with Crippen molar-refractivity contribution in [3.63, 3.8) is 0 Å². The number of hydrogen-bond acceptors (Lipinski definition) is 2. The monoisotopic (exact) mass is 281 g/mol. The number of nitrogens with zero attached hydrogens (tertiary/aromatic N) is 1. The first-order valence-electron chi connectivity index (χ1n) is 7.30. The molecule has 1 aliphatic carbocycles. The Morgan fingerprint density at radius 1 is 1.37 bits per heavy atom. The van der Waals surface area contributed by atoms with Crippen LogP contribution in [0.1, 0.15) is 51.5 Å². The van der Waals surface area contributed by atoms with Crippen molar-refractivity contribution in [2.45, 2.75) is 64.2 Å². The fourth-order valence-electron chi connectivity index (χ4n) is 2.99. The van der Waals surface area contributed by atoms with Gasteiger partial charge in [0.15, 0.2) is 0 Å². The van der Waals surface area contributed by atoms with E-state index < -0.39 is 6.09 Å². The highest BCUT2D eigenvalue weighted by molar-refractivity contribution is 7.33. The molecule has 1 saturated carbocycles. The fourth-order valence-corrected chi connectivity index (χ4v) is 4.94. The highest BCUT2D eigenvalue weighted by Crippen LogP contribution is 2.41. The Balaban J connectivity index is 2.37. The van der Waals surface area contributed by atoms with Crippen molar-refractivity contribution in [2.24, 2.45) is 0 Å². The molecule has 1 heterocycles. The van der Waals surface area contributed by atoms with E-state index in [2.05, 4.69) is 25.3 Å². The molecule has 1 aromatic rings. The number of anilines is 1. The molecular formula is C15H23NO2S. The minimum atomic E-state index is -1.01. The van der Waals surface area contributed by atoms with Gasteiger partial charge in [0.25, 0.3) is 5.00 Å². The van der Waals surface area contributed by atoms with Gasteiger partial charge in [-0.2, -0.15) is 0 Å². The topological polar surface area (TPSA) is 43.4 Å². The third kappa shape index (κ3) is 2.94. The largest absolute Gasteiger partial charge is 0.529 e. The van der Waals surface area contributed by atoms with Gasteiger partial charge in [-0.3, -0.25) is 4.90 Å². The van der Waals surface area contributed by atoms with Crippen molar-refractivity contribution < 1.29 is 9.90 Å². The van der Waals surface area contributed by atoms with Crippen molar-refractivity contribution in [2.75, 3.05) is 4.90 Å². The molecular weight excluding hydrogens is 258 g/mol. The number of rotatable bonds is 4. The van der Waals surface area contributed by atoms with Crippen LogP contribution in [0.5, 0.6) is 0 Å². The second kappa shape index (κ2) is 6.42. The highest BCUT2D eigenvalue weighted by Gasteiger charge is 2.31. The van der Waals surface area contributed by atoms with Gasteiger partial charge in [-0.25, -0.2) is 0 Å². The molecule has 19 heavy (non-hydrogen) atoms. The summed E-state index contributed by atoms with van der Waals surface area (Å²) in [5.41, 5.74) is 1.18. The average molecular weight is 281 g/mol. The first-order chi connectivity index (χ1) is 9.19. The first-order valence-corrected chi connectivity index (χ1v) is 8.76. The molecule has 0 N–H and O–H groups in total. The lowest BCUT2D eigenvalue weighted by Crippen LogP contribution is -2.48. The van der Waals surface area contributed by atoms with E-state index in [0.29, 0.717) is 0 Å². The predicted molar refractivity (Wildman–Crippen MR) is 78.7 cm³/mol. The predicted octanol–water partition coefficient (Wildman–Crippen LogP) is 3.50. The molecule has 106 valence electrons. The molecule has 1 fully saturated rings. The zero-order chi connectivity index (χ0) is 13.8. The molecule has 0 bridgehead atoms. The molecule has 1 aliphatic rings. The summed E-state index contributed by atoms with van der Waals surface area (Å²) < 4.78 is 0. The molecule has 2 rings (SSSR count). The second-order valence-electron chi connectivity index (χ2n) is 5.13. The van der Waals surface area contributed by atoms with Crippen LogP contribution in [0.3, 0.4) is 0 Å². The first kappa shape index (κ1) is 14.4. The van der Waals surface area contributed by atoms with E-state index in [1.165, 1.54) is 12.0 Å². The van der Waals surface area contributed by atoms with Crippen molar-refractivity contribution >= 4 is 21.6 Å². The molecule has 1 amide bonds. The Hall–Kier alpha value is -1.03.